The van der Waals surface area contributed by atoms with Crippen LogP contribution >= 0.6 is 15.9 Å². The van der Waals surface area contributed by atoms with Gasteiger partial charge >= 0.3 is 0 Å². The number of pyridine rings is 1. The third-order valence-corrected chi connectivity index (χ3v) is 4.09. The molecule has 0 aliphatic carbocycles. The van der Waals surface area contributed by atoms with Gasteiger partial charge < -0.3 is 4.90 Å². The van der Waals surface area contributed by atoms with Crippen LogP contribution in [-0.4, -0.2) is 22.3 Å². The number of halogens is 1. The average Bonchev–Trinajstić information content (AvgIpc) is 2.44. The summed E-state index contributed by atoms with van der Waals surface area (Å²) in [5.74, 6) is 0.0909. The van der Waals surface area contributed by atoms with Gasteiger partial charge in [-0.25, -0.2) is 0 Å². The minimum absolute atomic E-state index is 0.0909. The highest BCUT2D eigenvalue weighted by atomic mass is 79.9. The van der Waals surface area contributed by atoms with Crippen molar-refractivity contribution in [2.24, 2.45) is 0 Å². The van der Waals surface area contributed by atoms with E-state index >= 15 is 0 Å². The summed E-state index contributed by atoms with van der Waals surface area (Å²) >= 11 is 3.51. The van der Waals surface area contributed by atoms with Crippen LogP contribution in [0.25, 0.3) is 0 Å². The summed E-state index contributed by atoms with van der Waals surface area (Å²) < 4.78 is 1.02. The first-order valence-electron chi connectivity index (χ1n) is 6.22. The van der Waals surface area contributed by atoms with E-state index in [1.807, 2.05) is 41.3 Å². The predicted octanol–water partition coefficient (Wildman–Crippen LogP) is 3.04. The number of amides is 1. The molecule has 1 aromatic carbocycles. The second-order valence-corrected chi connectivity index (χ2v) is 5.42. The van der Waals surface area contributed by atoms with Crippen LogP contribution in [0.15, 0.2) is 47.1 Å². The molecule has 1 aromatic heterocycles. The van der Waals surface area contributed by atoms with Gasteiger partial charge in [0.05, 0.1) is 12.2 Å². The molecule has 0 atom stereocenters. The van der Waals surface area contributed by atoms with Crippen molar-refractivity contribution in [2.45, 2.75) is 13.0 Å². The van der Waals surface area contributed by atoms with Gasteiger partial charge in [-0.15, -0.1) is 0 Å². The predicted molar refractivity (Wildman–Crippen MR) is 76.8 cm³/mol. The summed E-state index contributed by atoms with van der Waals surface area (Å²) in [5, 5.41) is 0. The summed E-state index contributed by atoms with van der Waals surface area (Å²) in [6.45, 7) is 1.32. The van der Waals surface area contributed by atoms with Gasteiger partial charge in [-0.2, -0.15) is 0 Å². The standard InChI is InChI=1S/C15H13BrN2O/c16-14-6-3-5-13-12(14)7-9-18(15(13)19)10-11-4-1-2-8-17-11/h1-6,8H,7,9-10H2. The summed E-state index contributed by atoms with van der Waals surface area (Å²) in [6.07, 6.45) is 2.64. The van der Waals surface area contributed by atoms with Gasteiger partial charge in [0.1, 0.15) is 0 Å². The lowest BCUT2D eigenvalue weighted by Gasteiger charge is -2.28. The van der Waals surface area contributed by atoms with Crippen LogP contribution in [0.3, 0.4) is 0 Å². The molecule has 0 N–H and O–H groups in total. The van der Waals surface area contributed by atoms with Crippen LogP contribution < -0.4 is 0 Å². The van der Waals surface area contributed by atoms with Crippen LogP contribution in [0.1, 0.15) is 21.6 Å². The molecular formula is C15H13BrN2O. The van der Waals surface area contributed by atoms with Gasteiger partial charge in [0.25, 0.3) is 5.91 Å². The molecular weight excluding hydrogens is 304 g/mol. The molecule has 1 aliphatic heterocycles. The number of benzene rings is 1. The van der Waals surface area contributed by atoms with Crippen molar-refractivity contribution in [2.75, 3.05) is 6.54 Å². The summed E-state index contributed by atoms with van der Waals surface area (Å²) in [7, 11) is 0. The van der Waals surface area contributed by atoms with E-state index in [4.69, 9.17) is 0 Å². The van der Waals surface area contributed by atoms with Crippen LogP contribution in [0.4, 0.5) is 0 Å². The Hall–Kier alpha value is -1.68. The Morgan fingerprint density at radius 3 is 2.89 bits per heavy atom. The van der Waals surface area contributed by atoms with Crippen LogP contribution in [0.5, 0.6) is 0 Å². The Morgan fingerprint density at radius 1 is 1.21 bits per heavy atom. The molecule has 1 amide bonds. The molecule has 0 fully saturated rings. The fourth-order valence-electron chi connectivity index (χ4n) is 2.37. The van der Waals surface area contributed by atoms with Gasteiger partial charge in [0.15, 0.2) is 0 Å². The fraction of sp³-hybridized carbons (Fsp3) is 0.200. The Kier molecular flexibility index (Phi) is 3.34. The van der Waals surface area contributed by atoms with Crippen molar-refractivity contribution in [3.8, 4) is 0 Å². The lowest BCUT2D eigenvalue weighted by Crippen LogP contribution is -2.37. The maximum Gasteiger partial charge on any atom is 0.254 e. The highest BCUT2D eigenvalue weighted by Crippen LogP contribution is 2.26. The largest absolute Gasteiger partial charge is 0.332 e. The molecule has 0 spiro atoms. The molecule has 2 aromatic rings. The molecule has 19 heavy (non-hydrogen) atoms. The van der Waals surface area contributed by atoms with E-state index in [2.05, 4.69) is 20.9 Å². The van der Waals surface area contributed by atoms with Crippen LogP contribution in [0, 0.1) is 0 Å². The van der Waals surface area contributed by atoms with Crippen molar-refractivity contribution in [3.63, 3.8) is 0 Å². The molecule has 0 unspecified atom stereocenters. The van der Waals surface area contributed by atoms with Gasteiger partial charge in [0, 0.05) is 22.8 Å². The molecule has 0 bridgehead atoms. The summed E-state index contributed by atoms with van der Waals surface area (Å²) in [5.41, 5.74) is 2.84. The Labute approximate surface area is 120 Å². The smallest absolute Gasteiger partial charge is 0.254 e. The number of hydrogen-bond acceptors (Lipinski definition) is 2. The second-order valence-electron chi connectivity index (χ2n) is 4.56. The SMILES string of the molecule is O=C1c2cccc(Br)c2CCN1Cc1ccccn1. The van der Waals surface area contributed by atoms with E-state index in [0.29, 0.717) is 6.54 Å². The van der Waals surface area contributed by atoms with Crippen molar-refractivity contribution >= 4 is 21.8 Å². The third-order valence-electron chi connectivity index (χ3n) is 3.35. The lowest BCUT2D eigenvalue weighted by atomic mass is 9.99. The van der Waals surface area contributed by atoms with Crippen LogP contribution in [-0.2, 0) is 13.0 Å². The maximum absolute atomic E-state index is 12.5. The summed E-state index contributed by atoms with van der Waals surface area (Å²) in [6, 6.07) is 11.6. The molecule has 0 saturated heterocycles. The number of aromatic nitrogens is 1. The number of fused-ring (bicyclic) bond motifs is 1. The van der Waals surface area contributed by atoms with Crippen molar-refractivity contribution < 1.29 is 4.79 Å². The fourth-order valence-corrected chi connectivity index (χ4v) is 2.93. The Balaban J connectivity index is 1.86. The minimum atomic E-state index is 0.0909. The van der Waals surface area contributed by atoms with E-state index < -0.39 is 0 Å². The zero-order valence-corrected chi connectivity index (χ0v) is 11.9. The highest BCUT2D eigenvalue weighted by Gasteiger charge is 2.25. The number of carbonyl (C=O) groups excluding carboxylic acids is 1. The first kappa shape index (κ1) is 12.4. The number of nitrogens with zero attached hydrogens (tertiary/aromatic N) is 2. The monoisotopic (exact) mass is 316 g/mol. The Bertz CT molecular complexity index is 613. The molecule has 3 nitrogen and oxygen atoms in total. The quantitative estimate of drug-likeness (QED) is 0.853. The first-order valence-corrected chi connectivity index (χ1v) is 7.01. The third kappa shape index (κ3) is 2.40. The van der Waals surface area contributed by atoms with Crippen molar-refractivity contribution in [1.82, 2.24) is 9.88 Å². The minimum Gasteiger partial charge on any atom is -0.332 e. The topological polar surface area (TPSA) is 33.2 Å². The van der Waals surface area contributed by atoms with E-state index in [0.717, 1.165) is 34.3 Å². The zero-order valence-electron chi connectivity index (χ0n) is 10.3. The van der Waals surface area contributed by atoms with Crippen LogP contribution in [0.2, 0.25) is 0 Å². The number of hydrogen-bond donors (Lipinski definition) is 0. The van der Waals surface area contributed by atoms with Gasteiger partial charge in [-0.1, -0.05) is 28.1 Å². The molecule has 0 radical (unpaired) electrons. The normalized spacial score (nSPS) is 14.4. The molecule has 1 aliphatic rings. The van der Waals surface area contributed by atoms with Gasteiger partial charge in [0.2, 0.25) is 0 Å². The Morgan fingerprint density at radius 2 is 2.11 bits per heavy atom. The van der Waals surface area contributed by atoms with Gasteiger partial charge in [-0.3, -0.25) is 9.78 Å². The second kappa shape index (κ2) is 5.13. The highest BCUT2D eigenvalue weighted by molar-refractivity contribution is 9.10. The van der Waals surface area contributed by atoms with E-state index in [-0.39, 0.29) is 5.91 Å². The molecule has 4 heteroatoms. The van der Waals surface area contributed by atoms with E-state index in [1.54, 1.807) is 6.20 Å². The molecule has 96 valence electrons. The summed E-state index contributed by atoms with van der Waals surface area (Å²) in [4.78, 5) is 18.6. The van der Waals surface area contributed by atoms with Gasteiger partial charge in [-0.05, 0) is 36.2 Å². The molecule has 3 rings (SSSR count). The first-order chi connectivity index (χ1) is 9.25. The molecule has 2 heterocycles. The zero-order chi connectivity index (χ0) is 13.2. The number of carbonyl (C=O) groups is 1. The lowest BCUT2D eigenvalue weighted by molar-refractivity contribution is 0.0724. The number of rotatable bonds is 2. The van der Waals surface area contributed by atoms with E-state index in [9.17, 15) is 4.79 Å². The van der Waals surface area contributed by atoms with E-state index in [1.165, 1.54) is 0 Å². The van der Waals surface area contributed by atoms with Crippen molar-refractivity contribution in [3.05, 3.63) is 63.9 Å². The maximum atomic E-state index is 12.5. The average molecular weight is 317 g/mol. The molecule has 0 saturated carbocycles. The van der Waals surface area contributed by atoms with Crippen molar-refractivity contribution in [1.29, 1.82) is 0 Å².